The van der Waals surface area contributed by atoms with Crippen LogP contribution in [-0.4, -0.2) is 39.9 Å². The summed E-state index contributed by atoms with van der Waals surface area (Å²) in [5.41, 5.74) is 8.42. The lowest BCUT2D eigenvalue weighted by molar-refractivity contribution is 0.414. The monoisotopic (exact) mass is 614 g/mol. The molecular weight excluding hydrogens is 572 g/mol. The number of hydrogen-bond acceptors (Lipinski definition) is 6. The summed E-state index contributed by atoms with van der Waals surface area (Å²) in [6, 6.07) is 32.1. The van der Waals surface area contributed by atoms with Gasteiger partial charge in [0, 0.05) is 40.1 Å². The largest absolute Gasteiger partial charge is 0.497 e. The molecule has 0 bridgehead atoms. The lowest BCUT2D eigenvalue weighted by atomic mass is 9.90. The summed E-state index contributed by atoms with van der Waals surface area (Å²) >= 11 is 0. The third kappa shape index (κ3) is 7.07. The van der Waals surface area contributed by atoms with Gasteiger partial charge in [-0.1, -0.05) is 13.8 Å². The second-order valence-corrected chi connectivity index (χ2v) is 11.1. The first-order chi connectivity index (χ1) is 22.5. The first-order valence-electron chi connectivity index (χ1n) is 15.6. The van der Waals surface area contributed by atoms with Gasteiger partial charge in [-0.2, -0.15) is 0 Å². The first kappa shape index (κ1) is 32.3. The van der Waals surface area contributed by atoms with E-state index in [0.29, 0.717) is 0 Å². The minimum Gasteiger partial charge on any atom is -0.497 e. The zero-order valence-electron chi connectivity index (χ0n) is 27.5. The fourth-order valence-electron chi connectivity index (χ4n) is 5.81. The lowest BCUT2D eigenvalue weighted by Crippen LogP contribution is -2.06. The van der Waals surface area contributed by atoms with Crippen LogP contribution in [0.1, 0.15) is 55.4 Å². The minimum atomic E-state index is -0.0579. The molecule has 0 heterocycles. The SMILES string of the molecule is CC/C(=C/N=C(c1ccc(OC)cc1)c1ccc(OC)cc1)C1(CC)C/C1=C\N=C(c1ccc(OC)cc1)c1ccc(OC)cc1. The molecule has 0 N–H and O–H groups in total. The van der Waals surface area contributed by atoms with E-state index >= 15 is 0 Å². The maximum atomic E-state index is 5.40. The molecule has 4 aromatic carbocycles. The molecule has 0 aliphatic heterocycles. The van der Waals surface area contributed by atoms with E-state index in [0.717, 1.165) is 75.9 Å². The summed E-state index contributed by atoms with van der Waals surface area (Å²) in [6.45, 7) is 4.46. The van der Waals surface area contributed by atoms with Crippen molar-refractivity contribution in [1.29, 1.82) is 0 Å². The van der Waals surface area contributed by atoms with Gasteiger partial charge in [-0.05, 0) is 127 Å². The number of ether oxygens (including phenoxy) is 4. The molecule has 1 atom stereocenters. The van der Waals surface area contributed by atoms with E-state index in [1.54, 1.807) is 28.4 Å². The Hall–Kier alpha value is -5.10. The zero-order chi connectivity index (χ0) is 32.5. The van der Waals surface area contributed by atoms with Crippen LogP contribution < -0.4 is 18.9 Å². The second kappa shape index (κ2) is 14.8. The summed E-state index contributed by atoms with van der Waals surface area (Å²) in [4.78, 5) is 10.3. The lowest BCUT2D eigenvalue weighted by Gasteiger charge is -2.16. The van der Waals surface area contributed by atoms with Gasteiger partial charge >= 0.3 is 0 Å². The van der Waals surface area contributed by atoms with Crippen LogP contribution in [0.15, 0.2) is 131 Å². The summed E-state index contributed by atoms with van der Waals surface area (Å²) < 4.78 is 21.6. The molecule has 236 valence electrons. The van der Waals surface area contributed by atoms with Gasteiger partial charge in [-0.25, -0.2) is 0 Å². The highest BCUT2D eigenvalue weighted by molar-refractivity contribution is 6.14. The average molecular weight is 615 g/mol. The molecular formula is C40H42N2O4. The maximum absolute atomic E-state index is 5.40. The quantitative estimate of drug-likeness (QED) is 0.141. The Labute approximate surface area is 272 Å². The van der Waals surface area contributed by atoms with E-state index in [1.807, 2.05) is 97.1 Å². The van der Waals surface area contributed by atoms with Crippen LogP contribution >= 0.6 is 0 Å². The Morgan fingerprint density at radius 2 is 0.913 bits per heavy atom. The number of nitrogens with zero attached hydrogens (tertiary/aromatic N) is 2. The normalized spacial score (nSPS) is 16.4. The number of benzene rings is 4. The molecule has 0 spiro atoms. The Bertz CT molecular complexity index is 1630. The fourth-order valence-corrected chi connectivity index (χ4v) is 5.81. The Morgan fingerprint density at radius 1 is 0.565 bits per heavy atom. The van der Waals surface area contributed by atoms with Crippen molar-refractivity contribution < 1.29 is 18.9 Å². The number of methoxy groups -OCH3 is 4. The molecule has 1 unspecified atom stereocenters. The highest BCUT2D eigenvalue weighted by atomic mass is 16.5. The van der Waals surface area contributed by atoms with Gasteiger partial charge in [0.05, 0.1) is 39.9 Å². The Kier molecular flexibility index (Phi) is 10.4. The van der Waals surface area contributed by atoms with Crippen molar-refractivity contribution in [1.82, 2.24) is 0 Å². The van der Waals surface area contributed by atoms with Gasteiger partial charge in [-0.3, -0.25) is 9.98 Å². The summed E-state index contributed by atoms with van der Waals surface area (Å²) in [5.74, 6) is 3.24. The topological polar surface area (TPSA) is 61.6 Å². The number of rotatable bonds is 13. The number of aliphatic imine (C=N–C) groups is 2. The predicted octanol–water partition coefficient (Wildman–Crippen LogP) is 9.07. The molecule has 1 aliphatic rings. The molecule has 0 saturated heterocycles. The van der Waals surface area contributed by atoms with E-state index in [1.165, 1.54) is 11.1 Å². The third-order valence-corrected chi connectivity index (χ3v) is 8.73. The van der Waals surface area contributed by atoms with Crippen LogP contribution in [0.3, 0.4) is 0 Å². The van der Waals surface area contributed by atoms with Crippen molar-refractivity contribution >= 4 is 11.4 Å². The number of hydrogen-bond donors (Lipinski definition) is 0. The molecule has 1 saturated carbocycles. The predicted molar refractivity (Wildman–Crippen MR) is 187 cm³/mol. The van der Waals surface area contributed by atoms with Crippen LogP contribution in [0, 0.1) is 5.41 Å². The molecule has 1 fully saturated rings. The maximum Gasteiger partial charge on any atom is 0.118 e. The highest BCUT2D eigenvalue weighted by Gasteiger charge is 2.49. The van der Waals surface area contributed by atoms with Crippen molar-refractivity contribution in [3.05, 3.63) is 143 Å². The van der Waals surface area contributed by atoms with Crippen LogP contribution in [-0.2, 0) is 0 Å². The third-order valence-electron chi connectivity index (χ3n) is 8.73. The van der Waals surface area contributed by atoms with E-state index in [9.17, 15) is 0 Å². The summed E-state index contributed by atoms with van der Waals surface area (Å²) in [7, 11) is 6.70. The van der Waals surface area contributed by atoms with Gasteiger partial charge in [0.15, 0.2) is 0 Å². The summed E-state index contributed by atoms with van der Waals surface area (Å²) in [6.07, 6.45) is 6.96. The van der Waals surface area contributed by atoms with Crippen LogP contribution in [0.4, 0.5) is 0 Å². The first-order valence-corrected chi connectivity index (χ1v) is 15.6. The van der Waals surface area contributed by atoms with Crippen molar-refractivity contribution in [3.8, 4) is 23.0 Å². The van der Waals surface area contributed by atoms with Crippen LogP contribution in [0.2, 0.25) is 0 Å². The molecule has 5 rings (SSSR count). The molecule has 0 amide bonds. The molecule has 0 aromatic heterocycles. The van der Waals surface area contributed by atoms with Gasteiger partial charge < -0.3 is 18.9 Å². The van der Waals surface area contributed by atoms with E-state index in [2.05, 4.69) is 26.2 Å². The van der Waals surface area contributed by atoms with Crippen LogP contribution in [0.5, 0.6) is 23.0 Å². The van der Waals surface area contributed by atoms with Gasteiger partial charge in [-0.15, -0.1) is 0 Å². The summed E-state index contributed by atoms with van der Waals surface area (Å²) in [5, 5.41) is 0. The van der Waals surface area contributed by atoms with E-state index in [-0.39, 0.29) is 5.41 Å². The molecule has 6 heteroatoms. The van der Waals surface area contributed by atoms with Gasteiger partial charge in [0.2, 0.25) is 0 Å². The van der Waals surface area contributed by atoms with E-state index in [4.69, 9.17) is 28.9 Å². The smallest absolute Gasteiger partial charge is 0.118 e. The van der Waals surface area contributed by atoms with Gasteiger partial charge in [0.25, 0.3) is 0 Å². The van der Waals surface area contributed by atoms with Crippen molar-refractivity contribution in [2.24, 2.45) is 15.4 Å². The second-order valence-electron chi connectivity index (χ2n) is 11.1. The van der Waals surface area contributed by atoms with Crippen molar-refractivity contribution in [2.75, 3.05) is 28.4 Å². The molecule has 6 nitrogen and oxygen atoms in total. The minimum absolute atomic E-state index is 0.0579. The number of allylic oxidation sites excluding steroid dienone is 2. The van der Waals surface area contributed by atoms with Gasteiger partial charge in [0.1, 0.15) is 23.0 Å². The Balaban J connectivity index is 1.52. The fraction of sp³-hybridized carbons (Fsp3) is 0.250. The van der Waals surface area contributed by atoms with Crippen molar-refractivity contribution in [3.63, 3.8) is 0 Å². The van der Waals surface area contributed by atoms with E-state index < -0.39 is 0 Å². The zero-order valence-corrected chi connectivity index (χ0v) is 27.5. The molecule has 1 aliphatic carbocycles. The average Bonchev–Trinajstić information content (AvgIpc) is 3.85. The van der Waals surface area contributed by atoms with Crippen LogP contribution in [0.25, 0.3) is 0 Å². The molecule has 46 heavy (non-hydrogen) atoms. The van der Waals surface area contributed by atoms with Crippen molar-refractivity contribution in [2.45, 2.75) is 33.1 Å². The standard InChI is InChI=1S/C40H42N2O4/c1-7-32(26-41-38(28-9-17-34(43-3)18-10-28)29-11-19-35(44-4)20-12-29)40(8-2)25-33(40)27-42-39(30-13-21-36(45-5)22-14-30)31-15-23-37(46-6)24-16-31/h9-24,26-27H,7-8,25H2,1-6H3/b32-26-,33-27+. The highest BCUT2D eigenvalue weighted by Crippen LogP contribution is 2.60. The Morgan fingerprint density at radius 3 is 1.22 bits per heavy atom. The molecule has 0 radical (unpaired) electrons. The molecule has 4 aromatic rings.